The molecule has 0 saturated heterocycles. The number of carbonyl (C=O) groups is 3. The van der Waals surface area contributed by atoms with Crippen molar-refractivity contribution < 1.29 is 19.1 Å². The Morgan fingerprint density at radius 1 is 1.09 bits per heavy atom. The fraction of sp³-hybridized carbons (Fsp3) is 0.333. The molecule has 1 amide bonds. The van der Waals surface area contributed by atoms with Gasteiger partial charge < -0.3 is 14.2 Å². The van der Waals surface area contributed by atoms with Gasteiger partial charge in [0.05, 0.1) is 12.6 Å². The number of hydrogen-bond donors (Lipinski definition) is 0. The summed E-state index contributed by atoms with van der Waals surface area (Å²) in [6.07, 6.45) is 3.35. The minimum absolute atomic E-state index is 0.225. The molecule has 0 aliphatic heterocycles. The lowest BCUT2D eigenvalue weighted by molar-refractivity contribution is 0.0513. The minimum Gasteiger partial charge on any atom is -0.461 e. The van der Waals surface area contributed by atoms with Crippen molar-refractivity contribution in [2.24, 2.45) is 7.05 Å². The first-order valence-electron chi connectivity index (χ1n) is 11.3. The van der Waals surface area contributed by atoms with E-state index in [4.69, 9.17) is 4.74 Å². The van der Waals surface area contributed by atoms with Crippen LogP contribution in [0.25, 0.3) is 0 Å². The molecule has 34 heavy (non-hydrogen) atoms. The van der Waals surface area contributed by atoms with E-state index in [2.05, 4.69) is 4.98 Å². The molecule has 1 aromatic carbocycles. The lowest BCUT2D eigenvalue weighted by Gasteiger charge is -2.29. The van der Waals surface area contributed by atoms with Crippen LogP contribution < -0.4 is 0 Å². The number of aromatic nitrogens is 2. The number of ketones is 1. The molecular weight excluding hydrogens is 430 g/mol. The van der Waals surface area contributed by atoms with Crippen LogP contribution in [0.2, 0.25) is 0 Å². The maximum absolute atomic E-state index is 13.8. The number of amides is 1. The van der Waals surface area contributed by atoms with E-state index >= 15 is 0 Å². The predicted octanol–water partition coefficient (Wildman–Crippen LogP) is 4.44. The Labute approximate surface area is 200 Å². The molecule has 0 radical (unpaired) electrons. The first-order valence-corrected chi connectivity index (χ1v) is 11.3. The van der Waals surface area contributed by atoms with Gasteiger partial charge >= 0.3 is 5.97 Å². The van der Waals surface area contributed by atoms with Gasteiger partial charge in [-0.25, -0.2) is 4.79 Å². The molecule has 178 valence electrons. The van der Waals surface area contributed by atoms with E-state index in [9.17, 15) is 14.4 Å². The fourth-order valence-corrected chi connectivity index (χ4v) is 4.11. The molecule has 1 unspecified atom stereocenters. The highest BCUT2D eigenvalue weighted by molar-refractivity contribution is 6.07. The van der Waals surface area contributed by atoms with E-state index in [-0.39, 0.29) is 24.8 Å². The number of nitrogens with zero attached hydrogens (tertiary/aromatic N) is 3. The lowest BCUT2D eigenvalue weighted by atomic mass is 9.98. The monoisotopic (exact) mass is 461 g/mol. The average molecular weight is 462 g/mol. The van der Waals surface area contributed by atoms with Crippen molar-refractivity contribution >= 4 is 17.7 Å². The first kappa shape index (κ1) is 24.9. The van der Waals surface area contributed by atoms with Crippen molar-refractivity contribution in [2.75, 3.05) is 6.61 Å². The number of hydrogen-bond acceptors (Lipinski definition) is 5. The van der Waals surface area contributed by atoms with Crippen LogP contribution in [0.15, 0.2) is 48.8 Å². The summed E-state index contributed by atoms with van der Waals surface area (Å²) in [5.41, 5.74) is 4.35. The molecule has 3 rings (SSSR count). The zero-order valence-electron chi connectivity index (χ0n) is 20.6. The second kappa shape index (κ2) is 10.5. The highest BCUT2D eigenvalue weighted by Gasteiger charge is 2.33. The van der Waals surface area contributed by atoms with Gasteiger partial charge in [-0.1, -0.05) is 23.8 Å². The molecular formula is C27H31N3O4. The maximum atomic E-state index is 13.8. The van der Waals surface area contributed by atoms with Crippen LogP contribution >= 0.6 is 0 Å². The van der Waals surface area contributed by atoms with Gasteiger partial charge in [-0.05, 0) is 63.9 Å². The van der Waals surface area contributed by atoms with E-state index in [1.807, 2.05) is 25.1 Å². The Kier molecular flexibility index (Phi) is 7.66. The van der Waals surface area contributed by atoms with Crippen molar-refractivity contribution in [3.05, 3.63) is 88.0 Å². The van der Waals surface area contributed by atoms with Gasteiger partial charge in [-0.3, -0.25) is 14.6 Å². The third kappa shape index (κ3) is 4.93. The molecule has 0 aliphatic rings. The minimum atomic E-state index is -0.774. The molecule has 7 heteroatoms. The maximum Gasteiger partial charge on any atom is 0.355 e. The molecule has 2 aromatic heterocycles. The van der Waals surface area contributed by atoms with Crippen LogP contribution in [0.4, 0.5) is 0 Å². The van der Waals surface area contributed by atoms with Crippen molar-refractivity contribution in [3.63, 3.8) is 0 Å². The fourth-order valence-electron chi connectivity index (χ4n) is 4.11. The second-order valence-corrected chi connectivity index (χ2v) is 8.41. The zero-order chi connectivity index (χ0) is 25.0. The lowest BCUT2D eigenvalue weighted by Crippen LogP contribution is -2.43. The molecule has 0 bridgehead atoms. The number of rotatable bonds is 8. The molecule has 1 atom stereocenters. The predicted molar refractivity (Wildman–Crippen MR) is 130 cm³/mol. The molecule has 7 nitrogen and oxygen atoms in total. The van der Waals surface area contributed by atoms with Gasteiger partial charge in [-0.2, -0.15) is 0 Å². The van der Waals surface area contributed by atoms with Crippen LogP contribution in [-0.4, -0.2) is 44.8 Å². The van der Waals surface area contributed by atoms with Crippen molar-refractivity contribution in [2.45, 2.75) is 47.2 Å². The van der Waals surface area contributed by atoms with E-state index in [1.165, 1.54) is 0 Å². The highest BCUT2D eigenvalue weighted by atomic mass is 16.5. The highest BCUT2D eigenvalue weighted by Crippen LogP contribution is 2.26. The van der Waals surface area contributed by atoms with Crippen molar-refractivity contribution in [3.8, 4) is 0 Å². The van der Waals surface area contributed by atoms with E-state index in [0.29, 0.717) is 28.1 Å². The standard InChI is InChI=1S/C27H31N3O4/c1-7-34-27(33)24-18(3)23(19(4)29(24)6)25(31)20(5)30(16-21-9-8-14-28-15-21)26(32)22-12-10-17(2)11-13-22/h8-15,20H,7,16H2,1-6H3. The number of carbonyl (C=O) groups excluding carboxylic acids is 3. The van der Waals surface area contributed by atoms with Gasteiger partial charge in [0.1, 0.15) is 5.69 Å². The van der Waals surface area contributed by atoms with Gasteiger partial charge in [0.15, 0.2) is 5.78 Å². The van der Waals surface area contributed by atoms with E-state index in [0.717, 1.165) is 11.1 Å². The number of esters is 1. The SMILES string of the molecule is CCOC(=O)c1c(C)c(C(=O)C(C)N(Cc2cccnc2)C(=O)c2ccc(C)cc2)c(C)n1C. The Morgan fingerprint density at radius 2 is 1.76 bits per heavy atom. The quantitative estimate of drug-likeness (QED) is 0.366. The number of Topliss-reactive ketones (excluding diaryl/α,β-unsaturated/α-hetero) is 1. The average Bonchev–Trinajstić information content (AvgIpc) is 3.05. The van der Waals surface area contributed by atoms with Crippen LogP contribution in [-0.2, 0) is 18.3 Å². The number of ether oxygens (including phenoxy) is 1. The van der Waals surface area contributed by atoms with Gasteiger partial charge in [0.25, 0.3) is 5.91 Å². The first-order chi connectivity index (χ1) is 16.2. The Morgan fingerprint density at radius 3 is 2.35 bits per heavy atom. The molecule has 2 heterocycles. The van der Waals surface area contributed by atoms with E-state index < -0.39 is 12.0 Å². The van der Waals surface area contributed by atoms with Crippen LogP contribution in [0.3, 0.4) is 0 Å². The summed E-state index contributed by atoms with van der Waals surface area (Å²) in [7, 11) is 1.74. The third-order valence-corrected chi connectivity index (χ3v) is 6.13. The molecule has 0 fully saturated rings. The van der Waals surface area contributed by atoms with Crippen LogP contribution in [0.5, 0.6) is 0 Å². The smallest absolute Gasteiger partial charge is 0.355 e. The number of pyridine rings is 1. The van der Waals surface area contributed by atoms with Crippen LogP contribution in [0, 0.1) is 20.8 Å². The number of aryl methyl sites for hydroxylation is 1. The summed E-state index contributed by atoms with van der Waals surface area (Å²) < 4.78 is 6.87. The molecule has 0 aliphatic carbocycles. The third-order valence-electron chi connectivity index (χ3n) is 6.13. The summed E-state index contributed by atoms with van der Waals surface area (Å²) in [6.45, 7) is 9.42. The topological polar surface area (TPSA) is 81.5 Å². The largest absolute Gasteiger partial charge is 0.461 e. The summed E-state index contributed by atoms with van der Waals surface area (Å²) in [5, 5.41) is 0. The second-order valence-electron chi connectivity index (χ2n) is 8.41. The molecule has 0 spiro atoms. The number of benzene rings is 1. The summed E-state index contributed by atoms with van der Waals surface area (Å²) in [5.74, 6) is -0.952. The molecule has 3 aromatic rings. The van der Waals surface area contributed by atoms with Crippen LogP contribution in [0.1, 0.15) is 67.4 Å². The van der Waals surface area contributed by atoms with Gasteiger partial charge in [0, 0.05) is 42.8 Å². The Balaban J connectivity index is 2.02. The Hall–Kier alpha value is -3.74. The normalized spacial score (nSPS) is 11.7. The van der Waals surface area contributed by atoms with E-state index in [1.54, 1.807) is 74.8 Å². The van der Waals surface area contributed by atoms with Gasteiger partial charge in [-0.15, -0.1) is 0 Å². The van der Waals surface area contributed by atoms with Crippen molar-refractivity contribution in [1.82, 2.24) is 14.5 Å². The van der Waals surface area contributed by atoms with Gasteiger partial charge in [0.2, 0.25) is 0 Å². The summed E-state index contributed by atoms with van der Waals surface area (Å²) in [6, 6.07) is 10.2. The molecule has 0 N–H and O–H groups in total. The van der Waals surface area contributed by atoms with Crippen molar-refractivity contribution in [1.29, 1.82) is 0 Å². The zero-order valence-corrected chi connectivity index (χ0v) is 20.6. The summed E-state index contributed by atoms with van der Waals surface area (Å²) >= 11 is 0. The molecule has 0 saturated carbocycles. The summed E-state index contributed by atoms with van der Waals surface area (Å²) in [4.78, 5) is 45.5. The Bertz CT molecular complexity index is 1200.